The summed E-state index contributed by atoms with van der Waals surface area (Å²) >= 11 is 0. The van der Waals surface area contributed by atoms with Crippen molar-refractivity contribution in [3.8, 4) is 0 Å². The van der Waals surface area contributed by atoms with E-state index in [1.165, 1.54) is 11.2 Å². The molecule has 2 heterocycles. The zero-order chi connectivity index (χ0) is 18.5. The topological polar surface area (TPSA) is 82.9 Å². The fourth-order valence-corrected chi connectivity index (χ4v) is 2.89. The van der Waals surface area contributed by atoms with Crippen LogP contribution in [0, 0.1) is 6.92 Å². The normalized spacial score (nSPS) is 14.2. The molecular formula is C19H21N3O4. The number of aryl methyl sites for hydroxylation is 1. The molecule has 0 bridgehead atoms. The molecule has 1 aromatic carbocycles. The Morgan fingerprint density at radius 3 is 2.42 bits per heavy atom. The minimum Gasteiger partial charge on any atom is -0.459 e. The number of carbonyl (C=O) groups excluding carboxylic acids is 3. The summed E-state index contributed by atoms with van der Waals surface area (Å²) in [6.07, 6.45) is 1.45. The third-order valence-electron chi connectivity index (χ3n) is 4.32. The summed E-state index contributed by atoms with van der Waals surface area (Å²) in [5.74, 6) is -1.12. The van der Waals surface area contributed by atoms with Gasteiger partial charge in [-0.3, -0.25) is 14.4 Å². The van der Waals surface area contributed by atoms with Gasteiger partial charge in [0.05, 0.1) is 6.26 Å². The van der Waals surface area contributed by atoms with Crippen molar-refractivity contribution in [3.05, 3.63) is 59.5 Å². The molecule has 1 fully saturated rings. The van der Waals surface area contributed by atoms with Gasteiger partial charge in [-0.25, -0.2) is 0 Å². The Kier molecular flexibility index (Phi) is 5.36. The third kappa shape index (κ3) is 4.11. The molecule has 1 aliphatic heterocycles. The zero-order valence-corrected chi connectivity index (χ0v) is 14.6. The summed E-state index contributed by atoms with van der Waals surface area (Å²) in [5, 5.41) is 2.65. The number of benzene rings is 1. The number of nitrogens with zero attached hydrogens (tertiary/aromatic N) is 2. The van der Waals surface area contributed by atoms with Crippen LogP contribution in [0.2, 0.25) is 0 Å². The molecule has 3 rings (SSSR count). The molecule has 7 heteroatoms. The molecule has 0 unspecified atom stereocenters. The smallest absolute Gasteiger partial charge is 0.312 e. The van der Waals surface area contributed by atoms with Crippen molar-refractivity contribution in [2.45, 2.75) is 13.5 Å². The second-order valence-electron chi connectivity index (χ2n) is 6.23. The van der Waals surface area contributed by atoms with Crippen LogP contribution in [-0.2, 0) is 16.1 Å². The van der Waals surface area contributed by atoms with Crippen molar-refractivity contribution in [1.82, 2.24) is 15.1 Å². The van der Waals surface area contributed by atoms with Gasteiger partial charge in [-0.15, -0.1) is 0 Å². The van der Waals surface area contributed by atoms with E-state index in [0.29, 0.717) is 32.7 Å². The highest BCUT2D eigenvalue weighted by molar-refractivity contribution is 6.35. The highest BCUT2D eigenvalue weighted by Crippen LogP contribution is 2.10. The van der Waals surface area contributed by atoms with Crippen LogP contribution in [0.4, 0.5) is 0 Å². The second kappa shape index (κ2) is 7.86. The lowest BCUT2D eigenvalue weighted by atomic mass is 10.1. The molecule has 0 radical (unpaired) electrons. The van der Waals surface area contributed by atoms with Crippen LogP contribution in [0.25, 0.3) is 0 Å². The number of rotatable bonds is 3. The zero-order valence-electron chi connectivity index (χ0n) is 14.6. The quantitative estimate of drug-likeness (QED) is 0.839. The molecule has 0 aliphatic carbocycles. The molecule has 7 nitrogen and oxygen atoms in total. The Balaban J connectivity index is 1.48. The molecule has 3 amide bonds. The molecule has 1 aliphatic rings. The summed E-state index contributed by atoms with van der Waals surface area (Å²) in [4.78, 5) is 39.7. The van der Waals surface area contributed by atoms with Gasteiger partial charge < -0.3 is 19.5 Å². The molecule has 2 aromatic rings. The first-order valence-electron chi connectivity index (χ1n) is 8.50. The van der Waals surface area contributed by atoms with Crippen molar-refractivity contribution in [3.63, 3.8) is 0 Å². The summed E-state index contributed by atoms with van der Waals surface area (Å²) in [7, 11) is 0. The standard InChI is InChI=1S/C19H21N3O4/c1-14-4-2-5-15(12-14)13-20-17(23)19(25)22-9-7-21(8-10-22)18(24)16-6-3-11-26-16/h2-6,11-12H,7-10,13H2,1H3,(H,20,23). The van der Waals surface area contributed by atoms with E-state index in [9.17, 15) is 14.4 Å². The molecule has 0 atom stereocenters. The number of hydrogen-bond acceptors (Lipinski definition) is 4. The Bertz CT molecular complexity index is 793. The van der Waals surface area contributed by atoms with Gasteiger partial charge in [-0.2, -0.15) is 0 Å². The maximum absolute atomic E-state index is 12.3. The number of nitrogens with one attached hydrogen (secondary N) is 1. The Morgan fingerprint density at radius 2 is 1.77 bits per heavy atom. The van der Waals surface area contributed by atoms with Gasteiger partial charge in [0.2, 0.25) is 0 Å². The Labute approximate surface area is 151 Å². The fraction of sp³-hybridized carbons (Fsp3) is 0.316. The van der Waals surface area contributed by atoms with Gasteiger partial charge in [0.25, 0.3) is 5.91 Å². The van der Waals surface area contributed by atoms with E-state index in [2.05, 4.69) is 5.32 Å². The molecule has 26 heavy (non-hydrogen) atoms. The van der Waals surface area contributed by atoms with Crippen LogP contribution >= 0.6 is 0 Å². The highest BCUT2D eigenvalue weighted by atomic mass is 16.3. The lowest BCUT2D eigenvalue weighted by molar-refractivity contribution is -0.146. The lowest BCUT2D eigenvalue weighted by Gasteiger charge is -2.33. The van der Waals surface area contributed by atoms with E-state index in [1.54, 1.807) is 17.0 Å². The fourth-order valence-electron chi connectivity index (χ4n) is 2.89. The predicted octanol–water partition coefficient (Wildman–Crippen LogP) is 1.19. The van der Waals surface area contributed by atoms with Crippen molar-refractivity contribution in [2.75, 3.05) is 26.2 Å². The molecule has 1 saturated heterocycles. The highest BCUT2D eigenvalue weighted by Gasteiger charge is 2.28. The number of piperazine rings is 1. The average Bonchev–Trinajstić information content (AvgIpc) is 3.20. The van der Waals surface area contributed by atoms with Gasteiger partial charge in [0.15, 0.2) is 5.76 Å². The minimum atomic E-state index is -0.627. The monoisotopic (exact) mass is 355 g/mol. The summed E-state index contributed by atoms with van der Waals surface area (Å²) < 4.78 is 5.11. The molecule has 1 N–H and O–H groups in total. The van der Waals surface area contributed by atoms with Gasteiger partial charge in [-0.1, -0.05) is 29.8 Å². The van der Waals surface area contributed by atoms with E-state index in [1.807, 2.05) is 31.2 Å². The number of amides is 3. The van der Waals surface area contributed by atoms with E-state index in [-0.39, 0.29) is 11.7 Å². The Morgan fingerprint density at radius 1 is 1.04 bits per heavy atom. The van der Waals surface area contributed by atoms with Crippen LogP contribution in [0.3, 0.4) is 0 Å². The maximum atomic E-state index is 12.3. The summed E-state index contributed by atoms with van der Waals surface area (Å²) in [5.41, 5.74) is 2.04. The molecule has 1 aromatic heterocycles. The van der Waals surface area contributed by atoms with Gasteiger partial charge >= 0.3 is 11.8 Å². The minimum absolute atomic E-state index is 0.203. The third-order valence-corrected chi connectivity index (χ3v) is 4.32. The van der Waals surface area contributed by atoms with Crippen LogP contribution in [0.15, 0.2) is 47.1 Å². The Hall–Kier alpha value is -3.09. The van der Waals surface area contributed by atoms with Crippen molar-refractivity contribution in [2.24, 2.45) is 0 Å². The van der Waals surface area contributed by atoms with E-state index in [0.717, 1.165) is 11.1 Å². The maximum Gasteiger partial charge on any atom is 0.312 e. The number of furan rings is 1. The molecule has 0 saturated carbocycles. The van der Waals surface area contributed by atoms with Crippen LogP contribution in [0.5, 0.6) is 0 Å². The van der Waals surface area contributed by atoms with Crippen LogP contribution in [-0.4, -0.2) is 53.7 Å². The molecule has 0 spiro atoms. The largest absolute Gasteiger partial charge is 0.459 e. The molecular weight excluding hydrogens is 334 g/mol. The van der Waals surface area contributed by atoms with Crippen molar-refractivity contribution >= 4 is 17.7 Å². The first kappa shape index (κ1) is 17.7. The number of carbonyl (C=O) groups is 3. The van der Waals surface area contributed by atoms with E-state index < -0.39 is 11.8 Å². The summed E-state index contributed by atoms with van der Waals surface area (Å²) in [6.45, 7) is 3.67. The van der Waals surface area contributed by atoms with E-state index in [4.69, 9.17) is 4.42 Å². The van der Waals surface area contributed by atoms with Crippen molar-refractivity contribution in [1.29, 1.82) is 0 Å². The molecule has 136 valence electrons. The van der Waals surface area contributed by atoms with E-state index >= 15 is 0 Å². The van der Waals surface area contributed by atoms with Crippen LogP contribution < -0.4 is 5.32 Å². The van der Waals surface area contributed by atoms with Crippen molar-refractivity contribution < 1.29 is 18.8 Å². The van der Waals surface area contributed by atoms with Crippen LogP contribution in [0.1, 0.15) is 21.7 Å². The van der Waals surface area contributed by atoms with Gasteiger partial charge in [0, 0.05) is 32.7 Å². The van der Waals surface area contributed by atoms with Gasteiger partial charge in [-0.05, 0) is 24.6 Å². The first-order chi connectivity index (χ1) is 12.5. The predicted molar refractivity (Wildman–Crippen MR) is 94.2 cm³/mol. The first-order valence-corrected chi connectivity index (χ1v) is 8.50. The second-order valence-corrected chi connectivity index (χ2v) is 6.23. The number of hydrogen-bond donors (Lipinski definition) is 1. The lowest BCUT2D eigenvalue weighted by Crippen LogP contribution is -2.53. The SMILES string of the molecule is Cc1cccc(CNC(=O)C(=O)N2CCN(C(=O)c3ccco3)CC2)c1. The summed E-state index contributed by atoms with van der Waals surface area (Å²) in [6, 6.07) is 11.0. The van der Waals surface area contributed by atoms with Gasteiger partial charge in [0.1, 0.15) is 0 Å². The average molecular weight is 355 g/mol.